The quantitative estimate of drug-likeness (QED) is 0.478. The molecule has 2 aromatic carbocycles. The molecule has 0 aromatic heterocycles. The number of hydrogen-bond acceptors (Lipinski definition) is 4. The van der Waals surface area contributed by atoms with Gasteiger partial charge in [0.25, 0.3) is 11.8 Å². The fourth-order valence-electron chi connectivity index (χ4n) is 3.95. The summed E-state index contributed by atoms with van der Waals surface area (Å²) in [5, 5.41) is 2.70. The molecule has 32 heavy (non-hydrogen) atoms. The number of urea groups is 1. The topological polar surface area (TPSA) is 69.7 Å². The zero-order chi connectivity index (χ0) is 23.4. The highest BCUT2D eigenvalue weighted by Gasteiger charge is 2.37. The van der Waals surface area contributed by atoms with Gasteiger partial charge in [-0.1, -0.05) is 35.3 Å². The first kappa shape index (κ1) is 22.1. The van der Waals surface area contributed by atoms with Gasteiger partial charge in [-0.3, -0.25) is 14.9 Å². The van der Waals surface area contributed by atoms with Crippen molar-refractivity contribution in [1.29, 1.82) is 0 Å². The molecule has 1 N–H and O–H groups in total. The average Bonchev–Trinajstić information content (AvgIpc) is 2.71. The van der Waals surface area contributed by atoms with E-state index in [1.54, 1.807) is 0 Å². The molecule has 0 atom stereocenters. The number of barbiturate groups is 1. The lowest BCUT2D eigenvalue weighted by molar-refractivity contribution is -0.122. The van der Waals surface area contributed by atoms with Crippen molar-refractivity contribution in [2.75, 3.05) is 16.8 Å². The van der Waals surface area contributed by atoms with E-state index in [1.807, 2.05) is 32.2 Å². The van der Waals surface area contributed by atoms with Gasteiger partial charge in [-0.25, -0.2) is 9.69 Å². The van der Waals surface area contributed by atoms with E-state index in [-0.39, 0.29) is 26.8 Å². The molecule has 1 saturated heterocycles. The molecule has 2 aliphatic rings. The number of amides is 4. The Bertz CT molecular complexity index is 1250. The molecule has 2 heterocycles. The number of carbonyl (C=O) groups excluding carboxylic acids is 3. The predicted octanol–water partition coefficient (Wildman–Crippen LogP) is 5.29. The summed E-state index contributed by atoms with van der Waals surface area (Å²) >= 11 is 12.0. The van der Waals surface area contributed by atoms with Gasteiger partial charge in [-0.05, 0) is 68.3 Å². The van der Waals surface area contributed by atoms with E-state index < -0.39 is 17.8 Å². The Hall–Kier alpha value is -3.09. The number of allylic oxidation sites excluding steroid dienone is 1. The van der Waals surface area contributed by atoms with Gasteiger partial charge in [0.2, 0.25) is 0 Å². The van der Waals surface area contributed by atoms with Gasteiger partial charge in [-0.15, -0.1) is 0 Å². The average molecular weight is 470 g/mol. The summed E-state index contributed by atoms with van der Waals surface area (Å²) in [5.41, 5.74) is 3.79. The molecule has 2 aliphatic heterocycles. The minimum atomic E-state index is -0.844. The minimum absolute atomic E-state index is 0.128. The third-order valence-corrected chi connectivity index (χ3v) is 6.55. The summed E-state index contributed by atoms with van der Waals surface area (Å²) in [6.07, 6.45) is 3.66. The maximum atomic E-state index is 13.1. The standard InChI is InChI=1S/C24H21Cl2N3O3/c1-13-12-24(2,3)28(4)20-8-5-14(9-16(13)20)10-17-21(30)27-23(32)29(22(17)31)15-6-7-18(25)19(26)11-15/h5-12H,1-4H3,(H,27,30,32)/b17-10-. The van der Waals surface area contributed by atoms with Crippen LogP contribution in [0.3, 0.4) is 0 Å². The molecule has 164 valence electrons. The number of halogens is 2. The molecule has 0 bridgehead atoms. The van der Waals surface area contributed by atoms with Crippen LogP contribution in [-0.4, -0.2) is 30.4 Å². The maximum Gasteiger partial charge on any atom is 0.335 e. The van der Waals surface area contributed by atoms with Crippen LogP contribution in [-0.2, 0) is 9.59 Å². The summed E-state index contributed by atoms with van der Waals surface area (Å²) in [5.74, 6) is -1.49. The first-order chi connectivity index (χ1) is 15.0. The highest BCUT2D eigenvalue weighted by Crippen LogP contribution is 2.38. The second-order valence-corrected chi connectivity index (χ2v) is 9.19. The summed E-state index contributed by atoms with van der Waals surface area (Å²) in [6, 6.07) is 9.27. The van der Waals surface area contributed by atoms with Gasteiger partial charge in [0.05, 0.1) is 21.3 Å². The molecule has 0 aliphatic carbocycles. The summed E-state index contributed by atoms with van der Waals surface area (Å²) in [7, 11) is 2.03. The molecule has 4 rings (SSSR count). The largest absolute Gasteiger partial charge is 0.366 e. The number of nitrogens with one attached hydrogen (secondary N) is 1. The Labute approximate surface area is 196 Å². The number of benzene rings is 2. The molecule has 0 saturated carbocycles. The lowest BCUT2D eigenvalue weighted by atomic mass is 9.88. The van der Waals surface area contributed by atoms with Crippen molar-refractivity contribution >= 4 is 64.1 Å². The van der Waals surface area contributed by atoms with E-state index in [2.05, 4.69) is 30.1 Å². The third-order valence-electron chi connectivity index (χ3n) is 5.82. The fourth-order valence-corrected chi connectivity index (χ4v) is 4.24. The number of hydrogen-bond donors (Lipinski definition) is 1. The molecular weight excluding hydrogens is 449 g/mol. The van der Waals surface area contributed by atoms with Crippen LogP contribution in [0.5, 0.6) is 0 Å². The Kier molecular flexibility index (Phi) is 5.39. The third kappa shape index (κ3) is 3.70. The Morgan fingerprint density at radius 2 is 1.72 bits per heavy atom. The van der Waals surface area contributed by atoms with Gasteiger partial charge in [0.1, 0.15) is 5.57 Å². The monoisotopic (exact) mass is 469 g/mol. The second kappa shape index (κ2) is 7.80. The molecule has 0 radical (unpaired) electrons. The first-order valence-corrected chi connectivity index (χ1v) is 10.7. The van der Waals surface area contributed by atoms with E-state index in [0.29, 0.717) is 5.56 Å². The molecule has 4 amide bonds. The SMILES string of the molecule is CC1=CC(C)(C)N(C)c2ccc(/C=C3/C(=O)NC(=O)N(c4ccc(Cl)c(Cl)c4)C3=O)cc21. The van der Waals surface area contributed by atoms with E-state index in [4.69, 9.17) is 23.2 Å². The zero-order valence-electron chi connectivity index (χ0n) is 18.0. The Morgan fingerprint density at radius 1 is 1.00 bits per heavy atom. The number of anilines is 2. The molecule has 6 nitrogen and oxygen atoms in total. The van der Waals surface area contributed by atoms with Crippen LogP contribution in [0, 0.1) is 0 Å². The second-order valence-electron chi connectivity index (χ2n) is 8.37. The molecule has 8 heteroatoms. The van der Waals surface area contributed by atoms with Crippen molar-refractivity contribution in [3.63, 3.8) is 0 Å². The van der Waals surface area contributed by atoms with Gasteiger partial charge in [-0.2, -0.15) is 0 Å². The Morgan fingerprint density at radius 3 is 2.41 bits per heavy atom. The highest BCUT2D eigenvalue weighted by atomic mass is 35.5. The van der Waals surface area contributed by atoms with Crippen molar-refractivity contribution in [1.82, 2.24) is 5.32 Å². The van der Waals surface area contributed by atoms with Crippen LogP contribution in [0.1, 0.15) is 31.9 Å². The molecule has 0 unspecified atom stereocenters. The molecule has 2 aromatic rings. The van der Waals surface area contributed by atoms with Crippen molar-refractivity contribution in [2.45, 2.75) is 26.3 Å². The summed E-state index contributed by atoms with van der Waals surface area (Å²) < 4.78 is 0. The van der Waals surface area contributed by atoms with Gasteiger partial charge in [0, 0.05) is 18.3 Å². The van der Waals surface area contributed by atoms with Crippen molar-refractivity contribution in [2.24, 2.45) is 0 Å². The molecule has 1 fully saturated rings. The van der Waals surface area contributed by atoms with Crippen molar-refractivity contribution in [3.8, 4) is 0 Å². The number of imide groups is 2. The minimum Gasteiger partial charge on any atom is -0.366 e. The van der Waals surface area contributed by atoms with Gasteiger partial charge >= 0.3 is 6.03 Å². The lowest BCUT2D eigenvalue weighted by Gasteiger charge is -2.40. The lowest BCUT2D eigenvalue weighted by Crippen LogP contribution is -2.54. The number of carbonyl (C=O) groups is 3. The normalized spacial score (nSPS) is 19.1. The fraction of sp³-hybridized carbons (Fsp3) is 0.208. The number of fused-ring (bicyclic) bond motifs is 1. The first-order valence-electron chi connectivity index (χ1n) is 9.94. The highest BCUT2D eigenvalue weighted by molar-refractivity contribution is 6.43. The molecule has 0 spiro atoms. The maximum absolute atomic E-state index is 13.1. The number of rotatable bonds is 2. The van der Waals surface area contributed by atoms with Crippen LogP contribution < -0.4 is 15.1 Å². The summed E-state index contributed by atoms with van der Waals surface area (Å²) in [4.78, 5) is 41.1. The number of likely N-dealkylation sites (N-methyl/N-ethyl adjacent to an activating group) is 1. The van der Waals surface area contributed by atoms with Crippen LogP contribution in [0.25, 0.3) is 11.6 Å². The smallest absolute Gasteiger partial charge is 0.335 e. The zero-order valence-corrected chi connectivity index (χ0v) is 19.5. The number of nitrogens with zero attached hydrogens (tertiary/aromatic N) is 2. The molecular formula is C24H21Cl2N3O3. The Balaban J connectivity index is 1.74. The van der Waals surface area contributed by atoms with Crippen LogP contribution >= 0.6 is 23.2 Å². The van der Waals surface area contributed by atoms with Crippen LogP contribution in [0.15, 0.2) is 48.0 Å². The van der Waals surface area contributed by atoms with Gasteiger partial charge in [0.15, 0.2) is 0 Å². The van der Waals surface area contributed by atoms with Crippen molar-refractivity contribution < 1.29 is 14.4 Å². The van der Waals surface area contributed by atoms with Crippen molar-refractivity contribution in [3.05, 3.63) is 69.2 Å². The van der Waals surface area contributed by atoms with E-state index in [1.165, 1.54) is 24.3 Å². The van der Waals surface area contributed by atoms with E-state index >= 15 is 0 Å². The predicted molar refractivity (Wildman–Crippen MR) is 128 cm³/mol. The van der Waals surface area contributed by atoms with Crippen LogP contribution in [0.4, 0.5) is 16.2 Å². The van der Waals surface area contributed by atoms with E-state index in [0.717, 1.165) is 21.7 Å². The van der Waals surface area contributed by atoms with E-state index in [9.17, 15) is 14.4 Å². The summed E-state index contributed by atoms with van der Waals surface area (Å²) in [6.45, 7) is 6.30. The van der Waals surface area contributed by atoms with Crippen LogP contribution in [0.2, 0.25) is 10.0 Å². The van der Waals surface area contributed by atoms with Gasteiger partial charge < -0.3 is 4.90 Å².